The number of hydrogen-bond acceptors (Lipinski definition) is 7. The quantitative estimate of drug-likeness (QED) is 0.292. The molecule has 0 spiro atoms. The molecule has 0 bridgehead atoms. The molecule has 0 saturated carbocycles. The number of nitrogens with one attached hydrogen (secondary N) is 2. The Hall–Kier alpha value is -1.87. The van der Waals surface area contributed by atoms with E-state index in [4.69, 9.17) is 19.9 Å². The van der Waals surface area contributed by atoms with Crippen molar-refractivity contribution in [2.24, 2.45) is 5.73 Å². The number of carbonyl (C=O) groups is 3. The summed E-state index contributed by atoms with van der Waals surface area (Å²) in [6, 6.07) is -2.36. The van der Waals surface area contributed by atoms with Gasteiger partial charge in [0.05, 0.1) is 5.60 Å². The van der Waals surface area contributed by atoms with E-state index in [1.807, 2.05) is 20.8 Å². The van der Waals surface area contributed by atoms with Crippen LogP contribution in [-0.2, 0) is 23.8 Å². The van der Waals surface area contributed by atoms with Crippen LogP contribution in [0.2, 0.25) is 0 Å². The monoisotopic (exact) mass is 473 g/mol. The van der Waals surface area contributed by atoms with Gasteiger partial charge in [-0.15, -0.1) is 0 Å². The van der Waals surface area contributed by atoms with Crippen LogP contribution in [0.4, 0.5) is 4.79 Å². The van der Waals surface area contributed by atoms with E-state index in [1.54, 1.807) is 41.5 Å². The zero-order valence-corrected chi connectivity index (χ0v) is 22.1. The minimum absolute atomic E-state index is 0.295. The van der Waals surface area contributed by atoms with E-state index in [0.717, 1.165) is 6.42 Å². The summed E-state index contributed by atoms with van der Waals surface area (Å²) in [4.78, 5) is 38.0. The van der Waals surface area contributed by atoms with Gasteiger partial charge in [0.1, 0.15) is 23.3 Å². The van der Waals surface area contributed by atoms with Crippen molar-refractivity contribution in [2.75, 3.05) is 13.2 Å². The summed E-state index contributed by atoms with van der Waals surface area (Å²) in [7, 11) is 0. The number of hydrogen-bond donors (Lipinski definition) is 3. The summed E-state index contributed by atoms with van der Waals surface area (Å²) in [6.07, 6.45) is 2.64. The number of ether oxygens (including phenoxy) is 3. The summed E-state index contributed by atoms with van der Waals surface area (Å²) >= 11 is 0. The molecule has 9 heteroatoms. The van der Waals surface area contributed by atoms with Crippen LogP contribution < -0.4 is 16.4 Å². The Morgan fingerprint density at radius 3 is 1.48 bits per heavy atom. The molecule has 0 aliphatic heterocycles. The van der Waals surface area contributed by atoms with Gasteiger partial charge < -0.3 is 30.6 Å². The van der Waals surface area contributed by atoms with Crippen LogP contribution in [0, 0.1) is 0 Å². The molecule has 33 heavy (non-hydrogen) atoms. The van der Waals surface area contributed by atoms with Gasteiger partial charge in [-0.25, -0.2) is 14.4 Å². The van der Waals surface area contributed by atoms with Crippen LogP contribution in [0.25, 0.3) is 0 Å². The molecule has 0 radical (unpaired) electrons. The van der Waals surface area contributed by atoms with Crippen molar-refractivity contribution in [1.29, 1.82) is 0 Å². The fourth-order valence-electron chi connectivity index (χ4n) is 2.76. The van der Waals surface area contributed by atoms with E-state index in [2.05, 4.69) is 10.6 Å². The first-order valence-corrected chi connectivity index (χ1v) is 11.8. The Morgan fingerprint density at radius 2 is 1.12 bits per heavy atom. The molecule has 0 heterocycles. The predicted octanol–water partition coefficient (Wildman–Crippen LogP) is 3.43. The number of carbonyl (C=O) groups excluding carboxylic acids is 3. The third kappa shape index (κ3) is 17.3. The molecule has 0 aromatic rings. The zero-order chi connectivity index (χ0) is 25.9. The van der Waals surface area contributed by atoms with Gasteiger partial charge in [-0.2, -0.15) is 0 Å². The molecule has 0 rings (SSSR count). The molecule has 2 atom stereocenters. The average Bonchev–Trinajstić information content (AvgIpc) is 2.59. The Bertz CT molecular complexity index is 617. The molecular formula is C24H47N3O6. The maximum absolute atomic E-state index is 12.7. The van der Waals surface area contributed by atoms with Crippen molar-refractivity contribution in [3.05, 3.63) is 0 Å². The van der Waals surface area contributed by atoms with Gasteiger partial charge in [-0.1, -0.05) is 0 Å². The Morgan fingerprint density at radius 1 is 0.697 bits per heavy atom. The Labute approximate surface area is 199 Å². The summed E-state index contributed by atoms with van der Waals surface area (Å²) in [6.45, 7) is 17.4. The topological polar surface area (TPSA) is 129 Å². The molecular weight excluding hydrogens is 426 g/mol. The molecule has 0 fully saturated rings. The highest BCUT2D eigenvalue weighted by Gasteiger charge is 2.30. The molecule has 194 valence electrons. The van der Waals surface area contributed by atoms with Crippen LogP contribution in [0.5, 0.6) is 0 Å². The lowest BCUT2D eigenvalue weighted by atomic mass is 10.1. The normalized spacial score (nSPS) is 14.2. The molecule has 4 N–H and O–H groups in total. The molecule has 0 aromatic heterocycles. The van der Waals surface area contributed by atoms with E-state index in [0.29, 0.717) is 38.8 Å². The summed E-state index contributed by atoms with van der Waals surface area (Å²) in [5.41, 5.74) is 3.87. The van der Waals surface area contributed by atoms with Crippen molar-refractivity contribution in [3.8, 4) is 0 Å². The molecule has 9 nitrogen and oxygen atoms in total. The Balaban J connectivity index is 5.22. The van der Waals surface area contributed by atoms with Gasteiger partial charge in [-0.05, 0) is 101 Å². The minimum Gasteiger partial charge on any atom is -0.458 e. The largest absolute Gasteiger partial charge is 0.458 e. The van der Waals surface area contributed by atoms with E-state index < -0.39 is 41.3 Å². The lowest BCUT2D eigenvalue weighted by molar-refractivity contribution is -0.157. The van der Waals surface area contributed by atoms with Gasteiger partial charge in [0.15, 0.2) is 0 Å². The third-order valence-electron chi connectivity index (χ3n) is 4.11. The van der Waals surface area contributed by atoms with Crippen LogP contribution in [0.3, 0.4) is 0 Å². The highest BCUT2D eigenvalue weighted by Crippen LogP contribution is 2.14. The highest BCUT2D eigenvalue weighted by molar-refractivity contribution is 5.87. The lowest BCUT2D eigenvalue weighted by Gasteiger charge is -2.27. The zero-order valence-electron chi connectivity index (χ0n) is 22.1. The average molecular weight is 474 g/mol. The summed E-state index contributed by atoms with van der Waals surface area (Å²) < 4.78 is 16.6. The second-order valence-electron chi connectivity index (χ2n) is 11.2. The van der Waals surface area contributed by atoms with Crippen LogP contribution >= 0.6 is 0 Å². The highest BCUT2D eigenvalue weighted by atomic mass is 16.6. The van der Waals surface area contributed by atoms with Crippen molar-refractivity contribution in [2.45, 2.75) is 123 Å². The number of rotatable bonds is 12. The van der Waals surface area contributed by atoms with Crippen molar-refractivity contribution in [1.82, 2.24) is 10.6 Å². The first-order valence-electron chi connectivity index (χ1n) is 11.8. The third-order valence-corrected chi connectivity index (χ3v) is 4.11. The van der Waals surface area contributed by atoms with Crippen LogP contribution in [0.15, 0.2) is 0 Å². The molecule has 0 saturated heterocycles. The van der Waals surface area contributed by atoms with E-state index in [9.17, 15) is 14.4 Å². The maximum atomic E-state index is 12.7. The van der Waals surface area contributed by atoms with Crippen molar-refractivity contribution < 1.29 is 28.6 Å². The second-order valence-corrected chi connectivity index (χ2v) is 11.2. The molecule has 0 unspecified atom stereocenters. The first kappa shape index (κ1) is 31.1. The number of esters is 2. The molecule has 0 aliphatic carbocycles. The van der Waals surface area contributed by atoms with Gasteiger partial charge in [0.2, 0.25) is 0 Å². The van der Waals surface area contributed by atoms with Gasteiger partial charge in [0.25, 0.3) is 0 Å². The summed E-state index contributed by atoms with van der Waals surface area (Å²) in [5, 5.41) is 5.32. The smallest absolute Gasteiger partial charge is 0.329 e. The Kier molecular flexibility index (Phi) is 13.0. The van der Waals surface area contributed by atoms with Crippen molar-refractivity contribution >= 4 is 18.0 Å². The lowest BCUT2D eigenvalue weighted by Crippen LogP contribution is -2.53. The number of amides is 2. The van der Waals surface area contributed by atoms with E-state index >= 15 is 0 Å². The van der Waals surface area contributed by atoms with E-state index in [-0.39, 0.29) is 5.60 Å². The number of nitrogens with two attached hydrogens (primary N) is 1. The van der Waals surface area contributed by atoms with Gasteiger partial charge in [0, 0.05) is 6.61 Å². The number of unbranched alkanes of at least 4 members (excludes halogenated alkanes) is 1. The van der Waals surface area contributed by atoms with E-state index in [1.165, 1.54) is 0 Å². The standard InChI is InChI=1S/C24H47N3O6/c1-22(2,3)31-16-12-14-18(20(29)33-24(7,8)9)27-21(30)26-17(13-10-11-15-25)19(28)32-23(4,5)6/h17-18H,10-16,25H2,1-9H3,(H2,26,27,30)/t17-,18-/m0/s1. The van der Waals surface area contributed by atoms with Crippen LogP contribution in [0.1, 0.15) is 94.4 Å². The molecule has 0 aromatic carbocycles. The fourth-order valence-corrected chi connectivity index (χ4v) is 2.76. The minimum atomic E-state index is -0.879. The van der Waals surface area contributed by atoms with Gasteiger partial charge >= 0.3 is 18.0 Å². The maximum Gasteiger partial charge on any atom is 0.329 e. The number of urea groups is 1. The SMILES string of the molecule is CC(C)(C)OCCC[C@H](NC(=O)N[C@@H](CCCCN)C(=O)OC(C)(C)C)C(=O)OC(C)(C)C. The van der Waals surface area contributed by atoms with Crippen LogP contribution in [-0.4, -0.2) is 60.0 Å². The fraction of sp³-hybridized carbons (Fsp3) is 0.875. The molecule has 0 aliphatic rings. The summed E-state index contributed by atoms with van der Waals surface area (Å²) in [5.74, 6) is -1.06. The van der Waals surface area contributed by atoms with Gasteiger partial charge in [-0.3, -0.25) is 0 Å². The van der Waals surface area contributed by atoms with Crippen molar-refractivity contribution in [3.63, 3.8) is 0 Å². The second kappa shape index (κ2) is 13.7. The molecule has 2 amide bonds. The predicted molar refractivity (Wildman–Crippen MR) is 129 cm³/mol. The first-order chi connectivity index (χ1) is 14.9.